The first-order valence-electron chi connectivity index (χ1n) is 6.80. The van der Waals surface area contributed by atoms with Crippen molar-refractivity contribution in [1.29, 1.82) is 0 Å². The van der Waals surface area contributed by atoms with Crippen LogP contribution in [0.2, 0.25) is 0 Å². The van der Waals surface area contributed by atoms with Gasteiger partial charge >= 0.3 is 0 Å². The number of rotatable bonds is 6. The average Bonchev–Trinajstić information content (AvgIpc) is 2.38. The molecule has 1 saturated heterocycles. The first-order valence-corrected chi connectivity index (χ1v) is 6.80. The number of carbonyl (C=O) groups is 2. The van der Waals surface area contributed by atoms with Crippen molar-refractivity contribution in [1.82, 2.24) is 15.5 Å². The molecule has 1 fully saturated rings. The van der Waals surface area contributed by atoms with Crippen LogP contribution in [0.4, 0.5) is 0 Å². The topological polar surface area (TPSA) is 70.7 Å². The molecule has 6 heteroatoms. The highest BCUT2D eigenvalue weighted by atomic mass is 16.5. The summed E-state index contributed by atoms with van der Waals surface area (Å²) in [7, 11) is 3.25. The third-order valence-corrected chi connectivity index (χ3v) is 3.42. The van der Waals surface area contributed by atoms with Gasteiger partial charge in [0, 0.05) is 20.7 Å². The second kappa shape index (κ2) is 8.12. The zero-order valence-electron chi connectivity index (χ0n) is 12.1. The third-order valence-electron chi connectivity index (χ3n) is 3.42. The maximum absolute atomic E-state index is 12.2. The summed E-state index contributed by atoms with van der Waals surface area (Å²) < 4.78 is 4.85. The van der Waals surface area contributed by atoms with Crippen molar-refractivity contribution < 1.29 is 14.3 Å². The van der Waals surface area contributed by atoms with Gasteiger partial charge < -0.3 is 20.3 Å². The molecular formula is C13H25N3O3. The molecule has 110 valence electrons. The summed E-state index contributed by atoms with van der Waals surface area (Å²) in [6.45, 7) is 3.98. The fraction of sp³-hybridized carbons (Fsp3) is 0.846. The van der Waals surface area contributed by atoms with Crippen molar-refractivity contribution in [2.75, 3.05) is 40.4 Å². The van der Waals surface area contributed by atoms with E-state index in [1.54, 1.807) is 14.2 Å². The van der Waals surface area contributed by atoms with Gasteiger partial charge in [-0.15, -0.1) is 0 Å². The Balaban J connectivity index is 2.37. The SMILES string of the molecule is COCCNC(=O)CN(C)C(=O)C1NCCCC1C. The predicted octanol–water partition coefficient (Wildman–Crippen LogP) is -0.404. The fourth-order valence-corrected chi connectivity index (χ4v) is 2.26. The van der Waals surface area contributed by atoms with E-state index in [1.807, 2.05) is 0 Å². The van der Waals surface area contributed by atoms with Crippen molar-refractivity contribution in [2.45, 2.75) is 25.8 Å². The fourth-order valence-electron chi connectivity index (χ4n) is 2.26. The lowest BCUT2D eigenvalue weighted by molar-refractivity contribution is -0.137. The Labute approximate surface area is 114 Å². The lowest BCUT2D eigenvalue weighted by atomic mass is 9.92. The molecule has 6 nitrogen and oxygen atoms in total. The van der Waals surface area contributed by atoms with Crippen molar-refractivity contribution in [3.05, 3.63) is 0 Å². The number of hydrogen-bond acceptors (Lipinski definition) is 4. The molecule has 1 aliphatic heterocycles. The van der Waals surface area contributed by atoms with Gasteiger partial charge in [-0.05, 0) is 25.3 Å². The minimum absolute atomic E-state index is 0.00547. The van der Waals surface area contributed by atoms with Gasteiger partial charge in [0.15, 0.2) is 0 Å². The van der Waals surface area contributed by atoms with Gasteiger partial charge in [0.05, 0.1) is 19.2 Å². The van der Waals surface area contributed by atoms with E-state index in [0.717, 1.165) is 19.4 Å². The van der Waals surface area contributed by atoms with E-state index in [9.17, 15) is 9.59 Å². The van der Waals surface area contributed by atoms with Gasteiger partial charge in [0.1, 0.15) is 0 Å². The lowest BCUT2D eigenvalue weighted by Crippen LogP contribution is -2.53. The summed E-state index contributed by atoms with van der Waals surface area (Å²) in [6.07, 6.45) is 2.16. The summed E-state index contributed by atoms with van der Waals surface area (Å²) in [5.74, 6) is 0.158. The second-order valence-corrected chi connectivity index (χ2v) is 5.09. The Morgan fingerprint density at radius 2 is 2.21 bits per heavy atom. The molecule has 1 heterocycles. The van der Waals surface area contributed by atoms with Gasteiger partial charge in [0.2, 0.25) is 11.8 Å². The Kier molecular flexibility index (Phi) is 6.80. The van der Waals surface area contributed by atoms with Gasteiger partial charge in [-0.2, -0.15) is 0 Å². The Morgan fingerprint density at radius 1 is 1.47 bits per heavy atom. The van der Waals surface area contributed by atoms with E-state index in [-0.39, 0.29) is 24.4 Å². The van der Waals surface area contributed by atoms with Crippen molar-refractivity contribution in [2.24, 2.45) is 5.92 Å². The molecule has 2 N–H and O–H groups in total. The molecular weight excluding hydrogens is 246 g/mol. The van der Waals surface area contributed by atoms with E-state index in [2.05, 4.69) is 17.6 Å². The molecule has 19 heavy (non-hydrogen) atoms. The van der Waals surface area contributed by atoms with Crippen LogP contribution in [0, 0.1) is 5.92 Å². The van der Waals surface area contributed by atoms with E-state index in [4.69, 9.17) is 4.74 Å². The number of ether oxygens (including phenoxy) is 1. The van der Waals surface area contributed by atoms with Crippen LogP contribution < -0.4 is 10.6 Å². The number of amides is 2. The van der Waals surface area contributed by atoms with Crippen LogP contribution in [0.5, 0.6) is 0 Å². The highest BCUT2D eigenvalue weighted by molar-refractivity contribution is 5.87. The number of likely N-dealkylation sites (N-methyl/N-ethyl adjacent to an activating group) is 1. The van der Waals surface area contributed by atoms with E-state index in [1.165, 1.54) is 4.90 Å². The van der Waals surface area contributed by atoms with Crippen LogP contribution in [0.3, 0.4) is 0 Å². The van der Waals surface area contributed by atoms with Crippen LogP contribution in [-0.2, 0) is 14.3 Å². The first-order chi connectivity index (χ1) is 9.06. The molecule has 0 aromatic carbocycles. The quantitative estimate of drug-likeness (QED) is 0.645. The van der Waals surface area contributed by atoms with E-state index < -0.39 is 0 Å². The smallest absolute Gasteiger partial charge is 0.240 e. The summed E-state index contributed by atoms with van der Waals surface area (Å²) in [5, 5.41) is 5.94. The second-order valence-electron chi connectivity index (χ2n) is 5.09. The zero-order chi connectivity index (χ0) is 14.3. The molecule has 0 bridgehead atoms. The van der Waals surface area contributed by atoms with E-state index >= 15 is 0 Å². The number of carbonyl (C=O) groups excluding carboxylic acids is 2. The molecule has 0 aliphatic carbocycles. The van der Waals surface area contributed by atoms with Crippen LogP contribution in [-0.4, -0.2) is 63.2 Å². The van der Waals surface area contributed by atoms with Gasteiger partial charge in [-0.25, -0.2) is 0 Å². The lowest BCUT2D eigenvalue weighted by Gasteiger charge is -2.32. The largest absolute Gasteiger partial charge is 0.383 e. The molecule has 0 saturated carbocycles. The maximum Gasteiger partial charge on any atom is 0.240 e. The molecule has 0 aromatic rings. The first kappa shape index (κ1) is 15.9. The molecule has 0 radical (unpaired) electrons. The average molecular weight is 271 g/mol. The van der Waals surface area contributed by atoms with Crippen LogP contribution in [0.15, 0.2) is 0 Å². The van der Waals surface area contributed by atoms with Crippen molar-refractivity contribution in [3.8, 4) is 0 Å². The third kappa shape index (κ3) is 5.16. The van der Waals surface area contributed by atoms with Crippen LogP contribution in [0.25, 0.3) is 0 Å². The van der Waals surface area contributed by atoms with Gasteiger partial charge in [-0.3, -0.25) is 9.59 Å². The maximum atomic E-state index is 12.2. The Bertz CT molecular complexity index is 310. The summed E-state index contributed by atoms with van der Waals surface area (Å²) in [6, 6.07) is -0.162. The molecule has 0 aromatic heterocycles. The molecule has 1 rings (SSSR count). The van der Waals surface area contributed by atoms with E-state index in [0.29, 0.717) is 19.1 Å². The van der Waals surface area contributed by atoms with Crippen molar-refractivity contribution in [3.63, 3.8) is 0 Å². The summed E-state index contributed by atoms with van der Waals surface area (Å²) in [4.78, 5) is 25.3. The Morgan fingerprint density at radius 3 is 2.84 bits per heavy atom. The summed E-state index contributed by atoms with van der Waals surface area (Å²) >= 11 is 0. The van der Waals surface area contributed by atoms with Gasteiger partial charge in [0.25, 0.3) is 0 Å². The molecule has 2 atom stereocenters. The van der Waals surface area contributed by atoms with Crippen LogP contribution in [0.1, 0.15) is 19.8 Å². The monoisotopic (exact) mass is 271 g/mol. The van der Waals surface area contributed by atoms with Gasteiger partial charge in [-0.1, -0.05) is 6.92 Å². The van der Waals surface area contributed by atoms with Crippen molar-refractivity contribution >= 4 is 11.8 Å². The van der Waals surface area contributed by atoms with Crippen LogP contribution >= 0.6 is 0 Å². The number of methoxy groups -OCH3 is 1. The summed E-state index contributed by atoms with van der Waals surface area (Å²) in [5.41, 5.74) is 0. The molecule has 0 spiro atoms. The molecule has 2 unspecified atom stereocenters. The minimum atomic E-state index is -0.162. The highest BCUT2D eigenvalue weighted by Crippen LogP contribution is 2.16. The minimum Gasteiger partial charge on any atom is -0.383 e. The normalized spacial score (nSPS) is 22.9. The standard InChI is InChI=1S/C13H25N3O3/c1-10-5-4-6-15-12(10)13(18)16(2)9-11(17)14-7-8-19-3/h10,12,15H,4-9H2,1-3H3,(H,14,17). The molecule has 2 amide bonds. The number of hydrogen-bond donors (Lipinski definition) is 2. The molecule has 1 aliphatic rings. The predicted molar refractivity (Wildman–Crippen MR) is 72.7 cm³/mol. The Hall–Kier alpha value is -1.14. The number of piperidine rings is 1. The number of nitrogens with one attached hydrogen (secondary N) is 2. The highest BCUT2D eigenvalue weighted by Gasteiger charge is 2.30. The number of nitrogens with zero attached hydrogens (tertiary/aromatic N) is 1. The zero-order valence-corrected chi connectivity index (χ0v) is 12.1.